The van der Waals surface area contributed by atoms with Crippen LogP contribution in [0.4, 0.5) is 0 Å². The Hall–Kier alpha value is -2.56. The fraction of sp³-hybridized carbons (Fsp3) is 0.625. The second kappa shape index (κ2) is 11.6. The number of rotatable bonds is 9. The smallest absolute Gasteiger partial charge is 0.189 e. The molecular formula is C32H42O9. The number of hydrogen-bond donors (Lipinski definition) is 3. The van der Waals surface area contributed by atoms with Gasteiger partial charge in [-0.1, -0.05) is 24.6 Å². The maximum Gasteiger partial charge on any atom is 0.189 e. The van der Waals surface area contributed by atoms with E-state index in [1.165, 1.54) is 6.92 Å². The van der Waals surface area contributed by atoms with Crippen LogP contribution < -0.4 is 0 Å². The quantitative estimate of drug-likeness (QED) is 0.301. The summed E-state index contributed by atoms with van der Waals surface area (Å²) >= 11 is 0. The van der Waals surface area contributed by atoms with Crippen molar-refractivity contribution in [3.8, 4) is 0 Å². The average Bonchev–Trinajstić information content (AvgIpc) is 2.90. The van der Waals surface area contributed by atoms with Gasteiger partial charge >= 0.3 is 0 Å². The Morgan fingerprint density at radius 1 is 1.07 bits per heavy atom. The summed E-state index contributed by atoms with van der Waals surface area (Å²) in [4.78, 5) is 53.2. The summed E-state index contributed by atoms with van der Waals surface area (Å²) in [5.41, 5.74) is 2.15. The number of carbonyl (C=O) groups is 4. The summed E-state index contributed by atoms with van der Waals surface area (Å²) in [7, 11) is 0. The molecule has 41 heavy (non-hydrogen) atoms. The van der Waals surface area contributed by atoms with Crippen molar-refractivity contribution in [3.63, 3.8) is 0 Å². The van der Waals surface area contributed by atoms with Gasteiger partial charge in [0.05, 0.1) is 17.4 Å². The molecule has 3 N–H and O–H groups in total. The van der Waals surface area contributed by atoms with Gasteiger partial charge < -0.3 is 24.8 Å². The third-order valence-corrected chi connectivity index (χ3v) is 9.94. The zero-order valence-corrected chi connectivity index (χ0v) is 24.9. The van der Waals surface area contributed by atoms with Crippen molar-refractivity contribution in [2.75, 3.05) is 13.2 Å². The molecule has 0 amide bonds. The molecule has 0 radical (unpaired) electrons. The fourth-order valence-electron chi connectivity index (χ4n) is 7.51. The summed E-state index contributed by atoms with van der Waals surface area (Å²) in [5.74, 6) is -5.70. The summed E-state index contributed by atoms with van der Waals surface area (Å²) in [6.07, 6.45) is -3.64. The van der Waals surface area contributed by atoms with Crippen LogP contribution in [0.3, 0.4) is 0 Å². The van der Waals surface area contributed by atoms with Gasteiger partial charge in [0.1, 0.15) is 11.7 Å². The van der Waals surface area contributed by atoms with Crippen molar-refractivity contribution in [2.24, 2.45) is 29.1 Å². The molecule has 1 saturated carbocycles. The molecule has 3 aliphatic carbocycles. The lowest BCUT2D eigenvalue weighted by molar-refractivity contribution is -0.215. The Labute approximate surface area is 240 Å². The Morgan fingerprint density at radius 2 is 1.66 bits per heavy atom. The topological polar surface area (TPSA) is 147 Å². The van der Waals surface area contributed by atoms with E-state index < -0.39 is 65.1 Å². The van der Waals surface area contributed by atoms with Gasteiger partial charge in [-0.05, 0) is 70.6 Å². The largest absolute Gasteiger partial charge is 0.392 e. The van der Waals surface area contributed by atoms with Crippen molar-refractivity contribution in [1.29, 1.82) is 0 Å². The number of allylic oxidation sites excluding steroid dienone is 1. The number of aliphatic hydroxyl groups is 3. The summed E-state index contributed by atoms with van der Waals surface area (Å²) < 4.78 is 10.7. The molecular weight excluding hydrogens is 528 g/mol. The van der Waals surface area contributed by atoms with E-state index in [1.807, 2.05) is 26.0 Å². The normalized spacial score (nSPS) is 31.8. The molecule has 8 atom stereocenters. The predicted octanol–water partition coefficient (Wildman–Crippen LogP) is 2.84. The van der Waals surface area contributed by atoms with Crippen LogP contribution in [0.1, 0.15) is 80.9 Å². The van der Waals surface area contributed by atoms with Crippen molar-refractivity contribution in [2.45, 2.75) is 85.9 Å². The standard InChI is InChI=1S/C32H42O9/c1-8-40-30(38)20(31(39)41-9-2)12-18-10-11-19-15(4)24-25(28(36)23(19)14(18)3)16(5)32(7)21(27(24)35)13-22(34)26(17(6)33)29(32)37/h10-11,15,20-21,24,26-27,30-31,35,38-39H,8-9,12-13H2,1-7H3. The zero-order chi connectivity index (χ0) is 30.5. The van der Waals surface area contributed by atoms with Gasteiger partial charge in [-0.25, -0.2) is 0 Å². The summed E-state index contributed by atoms with van der Waals surface area (Å²) in [6, 6.07) is 3.70. The molecule has 1 fully saturated rings. The van der Waals surface area contributed by atoms with Gasteiger partial charge in [0.15, 0.2) is 29.9 Å². The molecule has 0 heterocycles. The monoisotopic (exact) mass is 570 g/mol. The first-order chi connectivity index (χ1) is 19.2. The second-order valence-electron chi connectivity index (χ2n) is 11.9. The molecule has 4 rings (SSSR count). The van der Waals surface area contributed by atoms with Gasteiger partial charge in [0, 0.05) is 42.6 Å². The number of aliphatic hydroxyl groups excluding tert-OH is 3. The van der Waals surface area contributed by atoms with Crippen LogP contribution in [-0.4, -0.2) is 70.4 Å². The molecule has 1 aromatic carbocycles. The van der Waals surface area contributed by atoms with E-state index in [4.69, 9.17) is 9.47 Å². The Morgan fingerprint density at radius 3 is 2.20 bits per heavy atom. The SMILES string of the molecule is CCOC(O)C(Cc1ccc2c(c1C)C(=O)C1=C(C)C3(C)C(=O)C(C(C)=O)C(=O)CC3C(O)C1C2C)C(O)OCC. The van der Waals surface area contributed by atoms with Gasteiger partial charge in [0.25, 0.3) is 0 Å². The van der Waals surface area contributed by atoms with E-state index in [0.29, 0.717) is 22.3 Å². The lowest BCUT2D eigenvalue weighted by Gasteiger charge is -2.53. The van der Waals surface area contributed by atoms with E-state index in [-0.39, 0.29) is 37.8 Å². The van der Waals surface area contributed by atoms with Gasteiger partial charge in [-0.2, -0.15) is 0 Å². The number of Topliss-reactive ketones (excluding diaryl/α,β-unsaturated/α-hetero) is 4. The predicted molar refractivity (Wildman–Crippen MR) is 149 cm³/mol. The van der Waals surface area contributed by atoms with Crippen LogP contribution in [0.2, 0.25) is 0 Å². The summed E-state index contributed by atoms with van der Waals surface area (Å²) in [5, 5.41) is 32.9. The molecule has 0 aliphatic heterocycles. The van der Waals surface area contributed by atoms with E-state index >= 15 is 0 Å². The molecule has 0 aromatic heterocycles. The second-order valence-corrected chi connectivity index (χ2v) is 11.9. The lowest BCUT2D eigenvalue weighted by Crippen LogP contribution is -2.60. The molecule has 224 valence electrons. The van der Waals surface area contributed by atoms with Crippen molar-refractivity contribution in [1.82, 2.24) is 0 Å². The number of ether oxygens (including phenoxy) is 2. The van der Waals surface area contributed by atoms with Crippen LogP contribution in [0.25, 0.3) is 0 Å². The van der Waals surface area contributed by atoms with Crippen molar-refractivity contribution < 1.29 is 44.0 Å². The number of fused-ring (bicyclic) bond motifs is 3. The number of carbonyl (C=O) groups excluding carboxylic acids is 4. The average molecular weight is 571 g/mol. The van der Waals surface area contributed by atoms with Crippen LogP contribution in [0.5, 0.6) is 0 Å². The van der Waals surface area contributed by atoms with E-state index in [9.17, 15) is 34.5 Å². The maximum atomic E-state index is 14.3. The minimum atomic E-state index is -1.39. The van der Waals surface area contributed by atoms with Crippen molar-refractivity contribution >= 4 is 23.1 Å². The third kappa shape index (κ3) is 4.85. The summed E-state index contributed by atoms with van der Waals surface area (Å²) in [6.45, 7) is 12.3. The number of ketones is 4. The highest BCUT2D eigenvalue weighted by atomic mass is 16.6. The first-order valence-corrected chi connectivity index (χ1v) is 14.5. The third-order valence-electron chi connectivity index (χ3n) is 9.94. The van der Waals surface area contributed by atoms with Crippen LogP contribution in [0.15, 0.2) is 23.3 Å². The molecule has 9 nitrogen and oxygen atoms in total. The first-order valence-electron chi connectivity index (χ1n) is 14.5. The van der Waals surface area contributed by atoms with Gasteiger partial charge in [-0.15, -0.1) is 0 Å². The van der Waals surface area contributed by atoms with Gasteiger partial charge in [0.2, 0.25) is 0 Å². The van der Waals surface area contributed by atoms with E-state index in [1.54, 1.807) is 27.7 Å². The highest BCUT2D eigenvalue weighted by molar-refractivity contribution is 6.23. The zero-order valence-electron chi connectivity index (χ0n) is 24.9. The Kier molecular flexibility index (Phi) is 8.88. The number of hydrogen-bond acceptors (Lipinski definition) is 9. The van der Waals surface area contributed by atoms with E-state index in [2.05, 4.69) is 0 Å². The highest BCUT2D eigenvalue weighted by Gasteiger charge is 2.62. The molecule has 0 bridgehead atoms. The van der Waals surface area contributed by atoms with E-state index in [0.717, 1.165) is 11.1 Å². The molecule has 9 heteroatoms. The van der Waals surface area contributed by atoms with Gasteiger partial charge in [-0.3, -0.25) is 19.2 Å². The Bertz CT molecular complexity index is 1280. The van der Waals surface area contributed by atoms with Crippen molar-refractivity contribution in [3.05, 3.63) is 45.5 Å². The molecule has 0 spiro atoms. The minimum Gasteiger partial charge on any atom is -0.392 e. The Balaban J connectivity index is 1.83. The molecule has 0 saturated heterocycles. The highest BCUT2D eigenvalue weighted by Crippen LogP contribution is 2.58. The molecule has 1 aromatic rings. The minimum absolute atomic E-state index is 0.105. The van der Waals surface area contributed by atoms with Crippen LogP contribution >= 0.6 is 0 Å². The molecule has 3 aliphatic rings. The maximum absolute atomic E-state index is 14.3. The lowest BCUT2D eigenvalue weighted by atomic mass is 9.49. The molecule has 8 unspecified atom stereocenters. The van der Waals surface area contributed by atoms with Crippen LogP contribution in [-0.2, 0) is 30.3 Å². The number of benzene rings is 1. The van der Waals surface area contributed by atoms with Crippen LogP contribution in [0, 0.1) is 36.0 Å². The first kappa shape index (κ1) is 31.4. The fourth-order valence-corrected chi connectivity index (χ4v) is 7.51.